The van der Waals surface area contributed by atoms with Crippen LogP contribution in [0.2, 0.25) is 0 Å². The highest BCUT2D eigenvalue weighted by Gasteiger charge is 1.92. The normalized spacial score (nSPS) is 10.4. The van der Waals surface area contributed by atoms with E-state index in [-0.39, 0.29) is 5.56 Å². The molecular formula is C10H17N3O. The standard InChI is InChI=1S/C10H17N3O/c11-5-3-6-12-7-9-13-8-2-1-4-10(13)14/h1-2,4,8,12H,3,5-7,9,11H2. The Morgan fingerprint density at radius 2 is 2.21 bits per heavy atom. The van der Waals surface area contributed by atoms with Crippen molar-refractivity contribution in [3.8, 4) is 0 Å². The smallest absolute Gasteiger partial charge is 0.250 e. The van der Waals surface area contributed by atoms with Crippen molar-refractivity contribution < 1.29 is 0 Å². The summed E-state index contributed by atoms with van der Waals surface area (Å²) in [5.41, 5.74) is 5.40. The van der Waals surface area contributed by atoms with Crippen LogP contribution >= 0.6 is 0 Å². The summed E-state index contributed by atoms with van der Waals surface area (Å²) in [7, 11) is 0. The second kappa shape index (κ2) is 6.34. The van der Waals surface area contributed by atoms with Gasteiger partial charge in [-0.15, -0.1) is 0 Å². The maximum Gasteiger partial charge on any atom is 0.250 e. The number of hydrogen-bond donors (Lipinski definition) is 2. The fourth-order valence-electron chi connectivity index (χ4n) is 1.20. The molecule has 78 valence electrons. The van der Waals surface area contributed by atoms with Crippen LogP contribution in [0.3, 0.4) is 0 Å². The molecule has 0 aliphatic rings. The van der Waals surface area contributed by atoms with Gasteiger partial charge in [-0.1, -0.05) is 6.07 Å². The summed E-state index contributed by atoms with van der Waals surface area (Å²) in [6.07, 6.45) is 2.77. The Hall–Kier alpha value is -1.13. The predicted molar refractivity (Wildman–Crippen MR) is 57.2 cm³/mol. The van der Waals surface area contributed by atoms with E-state index in [1.54, 1.807) is 22.9 Å². The highest BCUT2D eigenvalue weighted by atomic mass is 16.1. The summed E-state index contributed by atoms with van der Waals surface area (Å²) in [6.45, 7) is 3.14. The van der Waals surface area contributed by atoms with Gasteiger partial charge in [0.15, 0.2) is 0 Å². The maximum absolute atomic E-state index is 11.3. The molecule has 0 saturated carbocycles. The van der Waals surface area contributed by atoms with Crippen molar-refractivity contribution in [2.24, 2.45) is 5.73 Å². The van der Waals surface area contributed by atoms with Crippen LogP contribution in [0.5, 0.6) is 0 Å². The molecule has 1 rings (SSSR count). The van der Waals surface area contributed by atoms with E-state index in [2.05, 4.69) is 5.32 Å². The Morgan fingerprint density at radius 1 is 1.36 bits per heavy atom. The van der Waals surface area contributed by atoms with Crippen molar-refractivity contribution >= 4 is 0 Å². The van der Waals surface area contributed by atoms with Crippen LogP contribution in [-0.4, -0.2) is 24.2 Å². The van der Waals surface area contributed by atoms with Crippen molar-refractivity contribution in [2.45, 2.75) is 13.0 Å². The van der Waals surface area contributed by atoms with Crippen LogP contribution in [0.1, 0.15) is 6.42 Å². The van der Waals surface area contributed by atoms with Crippen molar-refractivity contribution in [3.05, 3.63) is 34.7 Å². The molecule has 0 bridgehead atoms. The number of aromatic nitrogens is 1. The predicted octanol–water partition coefficient (Wildman–Crippen LogP) is -0.213. The molecule has 0 aliphatic carbocycles. The Balaban J connectivity index is 2.25. The van der Waals surface area contributed by atoms with E-state index >= 15 is 0 Å². The van der Waals surface area contributed by atoms with Crippen molar-refractivity contribution in [1.29, 1.82) is 0 Å². The number of pyridine rings is 1. The molecule has 0 unspecified atom stereocenters. The van der Waals surface area contributed by atoms with E-state index in [9.17, 15) is 4.79 Å². The van der Waals surface area contributed by atoms with Gasteiger partial charge in [0, 0.05) is 25.4 Å². The van der Waals surface area contributed by atoms with E-state index in [1.807, 2.05) is 6.07 Å². The Labute approximate surface area is 83.7 Å². The molecular weight excluding hydrogens is 178 g/mol. The third kappa shape index (κ3) is 3.72. The minimum Gasteiger partial charge on any atom is -0.330 e. The highest BCUT2D eigenvalue weighted by Crippen LogP contribution is 1.81. The lowest BCUT2D eigenvalue weighted by molar-refractivity contribution is 0.576. The largest absolute Gasteiger partial charge is 0.330 e. The first-order valence-corrected chi connectivity index (χ1v) is 4.91. The molecule has 3 N–H and O–H groups in total. The summed E-state index contributed by atoms with van der Waals surface area (Å²) < 4.78 is 1.69. The first kappa shape index (κ1) is 10.9. The van der Waals surface area contributed by atoms with Gasteiger partial charge < -0.3 is 15.6 Å². The molecule has 0 aliphatic heterocycles. The SMILES string of the molecule is NCCCNCCn1ccccc1=O. The Kier molecular flexibility index (Phi) is 4.96. The maximum atomic E-state index is 11.3. The van der Waals surface area contributed by atoms with E-state index in [0.29, 0.717) is 13.1 Å². The van der Waals surface area contributed by atoms with Gasteiger partial charge in [0.2, 0.25) is 0 Å². The quantitative estimate of drug-likeness (QED) is 0.617. The number of nitrogens with two attached hydrogens (primary N) is 1. The van der Waals surface area contributed by atoms with Gasteiger partial charge in [0.05, 0.1) is 0 Å². The van der Waals surface area contributed by atoms with Gasteiger partial charge in [-0.25, -0.2) is 0 Å². The molecule has 0 fully saturated rings. The molecule has 0 aromatic carbocycles. The van der Waals surface area contributed by atoms with E-state index < -0.39 is 0 Å². The molecule has 0 radical (unpaired) electrons. The lowest BCUT2D eigenvalue weighted by Gasteiger charge is -2.05. The number of nitrogens with zero attached hydrogens (tertiary/aromatic N) is 1. The molecule has 0 atom stereocenters. The minimum atomic E-state index is 0.0492. The summed E-state index contributed by atoms with van der Waals surface area (Å²) in [5, 5.41) is 3.22. The topological polar surface area (TPSA) is 60.0 Å². The zero-order chi connectivity index (χ0) is 10.2. The van der Waals surface area contributed by atoms with Crippen LogP contribution in [0.15, 0.2) is 29.2 Å². The molecule has 1 heterocycles. The number of nitrogens with one attached hydrogen (secondary N) is 1. The van der Waals surface area contributed by atoms with Gasteiger partial charge in [-0.2, -0.15) is 0 Å². The number of hydrogen-bond acceptors (Lipinski definition) is 3. The molecule has 1 aromatic rings. The highest BCUT2D eigenvalue weighted by molar-refractivity contribution is 4.93. The average Bonchev–Trinajstić information content (AvgIpc) is 2.20. The lowest BCUT2D eigenvalue weighted by Crippen LogP contribution is -2.27. The second-order valence-electron chi connectivity index (χ2n) is 3.12. The van der Waals surface area contributed by atoms with E-state index in [0.717, 1.165) is 19.5 Å². The minimum absolute atomic E-state index is 0.0492. The second-order valence-corrected chi connectivity index (χ2v) is 3.12. The molecule has 0 saturated heterocycles. The average molecular weight is 195 g/mol. The van der Waals surface area contributed by atoms with Gasteiger partial charge in [0.1, 0.15) is 0 Å². The first-order valence-electron chi connectivity index (χ1n) is 4.91. The van der Waals surface area contributed by atoms with Crippen LogP contribution in [-0.2, 0) is 6.54 Å². The number of rotatable bonds is 6. The summed E-state index contributed by atoms with van der Waals surface area (Å²) >= 11 is 0. The zero-order valence-electron chi connectivity index (χ0n) is 8.28. The molecule has 4 nitrogen and oxygen atoms in total. The van der Waals surface area contributed by atoms with Gasteiger partial charge in [-0.05, 0) is 25.6 Å². The van der Waals surface area contributed by atoms with Crippen molar-refractivity contribution in [2.75, 3.05) is 19.6 Å². The third-order valence-electron chi connectivity index (χ3n) is 1.99. The van der Waals surface area contributed by atoms with Crippen LogP contribution < -0.4 is 16.6 Å². The van der Waals surface area contributed by atoms with Crippen molar-refractivity contribution in [1.82, 2.24) is 9.88 Å². The van der Waals surface area contributed by atoms with E-state index in [4.69, 9.17) is 5.73 Å². The molecule has 1 aromatic heterocycles. The Bertz CT molecular complexity index is 308. The monoisotopic (exact) mass is 195 g/mol. The summed E-state index contributed by atoms with van der Waals surface area (Å²) in [5.74, 6) is 0. The third-order valence-corrected chi connectivity index (χ3v) is 1.99. The van der Waals surface area contributed by atoms with Crippen LogP contribution in [0.25, 0.3) is 0 Å². The fourth-order valence-corrected chi connectivity index (χ4v) is 1.20. The van der Waals surface area contributed by atoms with Gasteiger partial charge >= 0.3 is 0 Å². The Morgan fingerprint density at radius 3 is 2.93 bits per heavy atom. The van der Waals surface area contributed by atoms with Crippen molar-refractivity contribution in [3.63, 3.8) is 0 Å². The summed E-state index contributed by atoms with van der Waals surface area (Å²) in [6, 6.07) is 5.18. The van der Waals surface area contributed by atoms with Gasteiger partial charge in [-0.3, -0.25) is 4.79 Å². The molecule has 4 heteroatoms. The van der Waals surface area contributed by atoms with Crippen LogP contribution in [0.4, 0.5) is 0 Å². The molecule has 0 spiro atoms. The fraction of sp³-hybridized carbons (Fsp3) is 0.500. The molecule has 14 heavy (non-hydrogen) atoms. The van der Waals surface area contributed by atoms with Crippen LogP contribution in [0, 0.1) is 0 Å². The summed E-state index contributed by atoms with van der Waals surface area (Å²) in [4.78, 5) is 11.3. The van der Waals surface area contributed by atoms with E-state index in [1.165, 1.54) is 0 Å². The lowest BCUT2D eigenvalue weighted by atomic mass is 10.4. The first-order chi connectivity index (χ1) is 6.84. The van der Waals surface area contributed by atoms with Gasteiger partial charge in [0.25, 0.3) is 5.56 Å². The zero-order valence-corrected chi connectivity index (χ0v) is 8.28. The molecule has 0 amide bonds.